The average Bonchev–Trinajstić information content (AvgIpc) is 3.00. The zero-order valence-corrected chi connectivity index (χ0v) is 11.5. The van der Waals surface area contributed by atoms with Gasteiger partial charge < -0.3 is 14.5 Å². The molecule has 2 aromatic rings. The quantitative estimate of drug-likeness (QED) is 0.833. The van der Waals surface area contributed by atoms with E-state index < -0.39 is 30.1 Å². The van der Waals surface area contributed by atoms with E-state index in [0.717, 1.165) is 12.1 Å². The second-order valence-corrected chi connectivity index (χ2v) is 4.42. The predicted octanol–water partition coefficient (Wildman–Crippen LogP) is 2.67. The lowest BCUT2D eigenvalue weighted by Crippen LogP contribution is -2.21. The van der Waals surface area contributed by atoms with Crippen LogP contribution in [0.25, 0.3) is 0 Å². The van der Waals surface area contributed by atoms with E-state index in [1.807, 2.05) is 0 Å². The average molecular weight is 309 g/mol. The van der Waals surface area contributed by atoms with Crippen molar-refractivity contribution in [3.05, 3.63) is 54.0 Å². The van der Waals surface area contributed by atoms with Crippen LogP contribution in [0.3, 0.4) is 0 Å². The number of amides is 1. The van der Waals surface area contributed by atoms with Gasteiger partial charge in [0.25, 0.3) is 5.91 Å². The van der Waals surface area contributed by atoms with E-state index in [1.165, 1.54) is 12.3 Å². The van der Waals surface area contributed by atoms with E-state index in [-0.39, 0.29) is 12.1 Å². The number of rotatable bonds is 6. The highest BCUT2D eigenvalue weighted by Gasteiger charge is 2.10. The first-order valence-electron chi connectivity index (χ1n) is 6.47. The Morgan fingerprint density at radius 2 is 2.00 bits per heavy atom. The molecule has 0 aliphatic rings. The molecule has 0 radical (unpaired) electrons. The summed E-state index contributed by atoms with van der Waals surface area (Å²) in [6.45, 7) is -0.504. The molecule has 22 heavy (non-hydrogen) atoms. The molecule has 1 N–H and O–H groups in total. The van der Waals surface area contributed by atoms with Gasteiger partial charge in [-0.3, -0.25) is 9.59 Å². The van der Waals surface area contributed by atoms with Crippen molar-refractivity contribution in [3.8, 4) is 0 Å². The summed E-state index contributed by atoms with van der Waals surface area (Å²) in [7, 11) is 0. The Balaban J connectivity index is 1.72. The van der Waals surface area contributed by atoms with Gasteiger partial charge in [0.2, 0.25) is 0 Å². The maximum atomic E-state index is 13.0. The fourth-order valence-corrected chi connectivity index (χ4v) is 1.67. The predicted molar refractivity (Wildman–Crippen MR) is 73.0 cm³/mol. The molecule has 7 heteroatoms. The van der Waals surface area contributed by atoms with Crippen molar-refractivity contribution in [2.75, 3.05) is 11.9 Å². The van der Waals surface area contributed by atoms with Crippen LogP contribution in [0.15, 0.2) is 41.0 Å². The maximum absolute atomic E-state index is 13.0. The standard InChI is InChI=1S/C15H13F2NO4/c16-12-5-3-10(8-13(12)17)18-14(19)9-22-15(20)6-4-11-2-1-7-21-11/h1-3,5,7-8H,4,6,9H2,(H,18,19). The fourth-order valence-electron chi connectivity index (χ4n) is 1.67. The molecular formula is C15H13F2NO4. The summed E-state index contributed by atoms with van der Waals surface area (Å²) < 4.78 is 35.5. The molecule has 0 bridgehead atoms. The highest BCUT2D eigenvalue weighted by atomic mass is 19.2. The van der Waals surface area contributed by atoms with Gasteiger partial charge in [-0.25, -0.2) is 8.78 Å². The number of halogens is 2. The van der Waals surface area contributed by atoms with Crippen molar-refractivity contribution < 1.29 is 27.5 Å². The summed E-state index contributed by atoms with van der Waals surface area (Å²) in [5, 5.41) is 2.29. The first kappa shape index (κ1) is 15.7. The van der Waals surface area contributed by atoms with Gasteiger partial charge >= 0.3 is 5.97 Å². The summed E-state index contributed by atoms with van der Waals surface area (Å²) in [6, 6.07) is 6.36. The molecule has 0 unspecified atom stereocenters. The van der Waals surface area contributed by atoms with Crippen LogP contribution in [0.5, 0.6) is 0 Å². The lowest BCUT2D eigenvalue weighted by Gasteiger charge is -2.06. The van der Waals surface area contributed by atoms with Crippen molar-refractivity contribution >= 4 is 17.6 Å². The number of carbonyl (C=O) groups is 2. The van der Waals surface area contributed by atoms with E-state index in [4.69, 9.17) is 9.15 Å². The Hall–Kier alpha value is -2.70. The Morgan fingerprint density at radius 3 is 2.68 bits per heavy atom. The fraction of sp³-hybridized carbons (Fsp3) is 0.200. The zero-order valence-electron chi connectivity index (χ0n) is 11.5. The number of carbonyl (C=O) groups excluding carboxylic acids is 2. The van der Waals surface area contributed by atoms with Crippen molar-refractivity contribution in [2.24, 2.45) is 0 Å². The number of hydrogen-bond donors (Lipinski definition) is 1. The van der Waals surface area contributed by atoms with Gasteiger partial charge in [0.1, 0.15) is 5.76 Å². The van der Waals surface area contributed by atoms with E-state index in [0.29, 0.717) is 12.2 Å². The van der Waals surface area contributed by atoms with E-state index in [1.54, 1.807) is 12.1 Å². The van der Waals surface area contributed by atoms with Gasteiger partial charge in [-0.1, -0.05) is 0 Å². The SMILES string of the molecule is O=C(COC(=O)CCc1ccco1)Nc1ccc(F)c(F)c1. The van der Waals surface area contributed by atoms with Crippen LogP contribution < -0.4 is 5.32 Å². The summed E-state index contributed by atoms with van der Waals surface area (Å²) in [5.41, 5.74) is 0.0792. The molecule has 1 heterocycles. The van der Waals surface area contributed by atoms with Crippen LogP contribution >= 0.6 is 0 Å². The number of esters is 1. The molecule has 0 spiro atoms. The Kier molecular flexibility index (Phi) is 5.24. The second kappa shape index (κ2) is 7.35. The normalized spacial score (nSPS) is 10.3. The molecule has 0 aliphatic heterocycles. The molecule has 1 amide bonds. The third kappa shape index (κ3) is 4.69. The molecular weight excluding hydrogens is 296 g/mol. The van der Waals surface area contributed by atoms with Crippen molar-refractivity contribution in [3.63, 3.8) is 0 Å². The third-order valence-electron chi connectivity index (χ3n) is 2.72. The summed E-state index contributed by atoms with van der Waals surface area (Å²) in [6.07, 6.45) is 1.94. The molecule has 5 nitrogen and oxygen atoms in total. The van der Waals surface area contributed by atoms with Crippen LogP contribution in [0.2, 0.25) is 0 Å². The molecule has 0 fully saturated rings. The molecule has 0 saturated heterocycles. The van der Waals surface area contributed by atoms with Gasteiger partial charge in [-0.15, -0.1) is 0 Å². The molecule has 1 aromatic heterocycles. The number of nitrogens with one attached hydrogen (secondary N) is 1. The zero-order chi connectivity index (χ0) is 15.9. The Morgan fingerprint density at radius 1 is 1.18 bits per heavy atom. The van der Waals surface area contributed by atoms with Crippen molar-refractivity contribution in [1.82, 2.24) is 0 Å². The summed E-state index contributed by atoms with van der Waals surface area (Å²) >= 11 is 0. The first-order valence-corrected chi connectivity index (χ1v) is 6.47. The summed E-state index contributed by atoms with van der Waals surface area (Å²) in [5.74, 6) is -2.65. The topological polar surface area (TPSA) is 68.5 Å². The van der Waals surface area contributed by atoms with Crippen LogP contribution in [0.4, 0.5) is 14.5 Å². The number of hydrogen-bond acceptors (Lipinski definition) is 4. The van der Waals surface area contributed by atoms with E-state index >= 15 is 0 Å². The number of benzene rings is 1. The van der Waals surface area contributed by atoms with Crippen LogP contribution in [-0.4, -0.2) is 18.5 Å². The molecule has 116 valence electrons. The third-order valence-corrected chi connectivity index (χ3v) is 2.72. The Labute approximate surface area is 124 Å². The van der Waals surface area contributed by atoms with Gasteiger partial charge in [-0.2, -0.15) is 0 Å². The van der Waals surface area contributed by atoms with Gasteiger partial charge in [0.05, 0.1) is 12.7 Å². The molecule has 0 saturated carbocycles. The number of aryl methyl sites for hydroxylation is 1. The molecule has 2 rings (SSSR count). The number of furan rings is 1. The highest BCUT2D eigenvalue weighted by Crippen LogP contribution is 2.13. The summed E-state index contributed by atoms with van der Waals surface area (Å²) in [4.78, 5) is 23.0. The van der Waals surface area contributed by atoms with Crippen molar-refractivity contribution in [2.45, 2.75) is 12.8 Å². The largest absolute Gasteiger partial charge is 0.469 e. The minimum Gasteiger partial charge on any atom is -0.469 e. The molecule has 1 aromatic carbocycles. The second-order valence-electron chi connectivity index (χ2n) is 4.42. The smallest absolute Gasteiger partial charge is 0.306 e. The van der Waals surface area contributed by atoms with E-state index in [9.17, 15) is 18.4 Å². The minimum atomic E-state index is -1.08. The molecule has 0 atom stereocenters. The van der Waals surface area contributed by atoms with Gasteiger partial charge in [0.15, 0.2) is 18.2 Å². The van der Waals surface area contributed by atoms with Gasteiger partial charge in [0, 0.05) is 18.2 Å². The van der Waals surface area contributed by atoms with Crippen LogP contribution in [0.1, 0.15) is 12.2 Å². The van der Waals surface area contributed by atoms with Crippen molar-refractivity contribution in [1.29, 1.82) is 0 Å². The van der Waals surface area contributed by atoms with Gasteiger partial charge in [-0.05, 0) is 24.3 Å². The maximum Gasteiger partial charge on any atom is 0.306 e. The number of anilines is 1. The first-order chi connectivity index (χ1) is 10.5. The molecule has 0 aliphatic carbocycles. The van der Waals surface area contributed by atoms with E-state index in [2.05, 4.69) is 5.32 Å². The minimum absolute atomic E-state index is 0.0754. The lowest BCUT2D eigenvalue weighted by molar-refractivity contribution is -0.147. The lowest BCUT2D eigenvalue weighted by atomic mass is 10.2. The Bertz CT molecular complexity index is 656. The van der Waals surface area contributed by atoms with Crippen LogP contribution in [0, 0.1) is 11.6 Å². The monoisotopic (exact) mass is 309 g/mol. The van der Waals surface area contributed by atoms with Crippen LogP contribution in [-0.2, 0) is 20.7 Å². The highest BCUT2D eigenvalue weighted by molar-refractivity contribution is 5.92. The number of ether oxygens (including phenoxy) is 1.